The van der Waals surface area contributed by atoms with E-state index in [-0.39, 0.29) is 0 Å². The second-order valence-electron chi connectivity index (χ2n) is 5.91. The van der Waals surface area contributed by atoms with Crippen LogP contribution in [0, 0.1) is 6.92 Å². The Morgan fingerprint density at radius 2 is 1.05 bits per heavy atom. The molecule has 0 N–H and O–H groups in total. The van der Waals surface area contributed by atoms with Gasteiger partial charge in [0.25, 0.3) is 0 Å². The third-order valence-corrected chi connectivity index (χ3v) is 3.78. The van der Waals surface area contributed by atoms with Crippen molar-refractivity contribution >= 4 is 0 Å². The highest BCUT2D eigenvalue weighted by atomic mass is 15.0. The lowest BCUT2D eigenvalue weighted by molar-refractivity contribution is 0.605. The van der Waals surface area contributed by atoms with Gasteiger partial charge in [0.1, 0.15) is 17.5 Å². The van der Waals surface area contributed by atoms with Crippen LogP contribution >= 0.6 is 0 Å². The molecule has 1 radical (unpaired) electrons. The summed E-state index contributed by atoms with van der Waals surface area (Å²) in [7, 11) is 0. The van der Waals surface area contributed by atoms with Gasteiger partial charge < -0.3 is 0 Å². The zero-order valence-electron chi connectivity index (χ0n) is 14.0. The van der Waals surface area contributed by atoms with E-state index >= 15 is 0 Å². The molecular weight excluding hydrogens is 258 g/mol. The molecule has 119 valence electrons. The molecule has 0 amide bonds. The zero-order chi connectivity index (χ0) is 15.3. The third-order valence-electron chi connectivity index (χ3n) is 3.78. The summed E-state index contributed by atoms with van der Waals surface area (Å²) in [5.74, 6) is 2.52. The largest absolute Gasteiger partial charge is 0.218 e. The highest BCUT2D eigenvalue weighted by Gasteiger charge is 2.04. The lowest BCUT2D eigenvalue weighted by atomic mass is 10.1. The first kappa shape index (κ1) is 18.1. The van der Waals surface area contributed by atoms with Gasteiger partial charge in [0.15, 0.2) is 0 Å². The van der Waals surface area contributed by atoms with Crippen LogP contribution in [0.1, 0.15) is 95.5 Å². The Morgan fingerprint density at radius 3 is 1.48 bits per heavy atom. The fourth-order valence-corrected chi connectivity index (χ4v) is 2.52. The van der Waals surface area contributed by atoms with Crippen molar-refractivity contribution in [2.75, 3.05) is 0 Å². The van der Waals surface area contributed by atoms with E-state index in [9.17, 15) is 0 Å². The Labute approximate surface area is 131 Å². The maximum atomic E-state index is 4.61. The Hall–Kier alpha value is -0.990. The molecule has 21 heavy (non-hydrogen) atoms. The Morgan fingerprint density at radius 1 is 0.619 bits per heavy atom. The van der Waals surface area contributed by atoms with Gasteiger partial charge in [-0.25, -0.2) is 15.0 Å². The van der Waals surface area contributed by atoms with Crippen molar-refractivity contribution in [3.8, 4) is 0 Å². The lowest BCUT2D eigenvalue weighted by Gasteiger charge is -2.05. The normalized spacial score (nSPS) is 11.0. The molecule has 1 rings (SSSR count). The van der Waals surface area contributed by atoms with Gasteiger partial charge >= 0.3 is 0 Å². The van der Waals surface area contributed by atoms with E-state index in [0.29, 0.717) is 5.82 Å². The van der Waals surface area contributed by atoms with Crippen molar-refractivity contribution in [2.24, 2.45) is 0 Å². The highest BCUT2D eigenvalue weighted by molar-refractivity contribution is 5.00. The van der Waals surface area contributed by atoms with E-state index in [0.717, 1.165) is 24.5 Å². The van der Waals surface area contributed by atoms with Gasteiger partial charge in [0, 0.05) is 19.8 Å². The van der Waals surface area contributed by atoms with E-state index in [1.807, 2.05) is 0 Å². The van der Waals surface area contributed by atoms with Gasteiger partial charge in [-0.3, -0.25) is 0 Å². The smallest absolute Gasteiger partial charge is 0.133 e. The van der Waals surface area contributed by atoms with Gasteiger partial charge in [0.05, 0.1) is 0 Å². The molecule has 0 saturated heterocycles. The van der Waals surface area contributed by atoms with Crippen LogP contribution in [0.2, 0.25) is 0 Å². The number of nitrogens with zero attached hydrogens (tertiary/aromatic N) is 3. The topological polar surface area (TPSA) is 38.7 Å². The minimum atomic E-state index is 0.636. The molecule has 3 nitrogen and oxygen atoms in total. The van der Waals surface area contributed by atoms with E-state index in [1.165, 1.54) is 64.2 Å². The molecule has 0 aliphatic carbocycles. The van der Waals surface area contributed by atoms with Crippen LogP contribution < -0.4 is 0 Å². The SMILES string of the molecule is [CH2]c1nc(CCCCCCC)nc(CCCCCCC)n1. The fourth-order valence-electron chi connectivity index (χ4n) is 2.52. The van der Waals surface area contributed by atoms with Crippen LogP contribution in [-0.2, 0) is 12.8 Å². The molecule has 1 aromatic heterocycles. The fraction of sp³-hybridized carbons (Fsp3) is 0.778. The number of hydrogen-bond acceptors (Lipinski definition) is 3. The summed E-state index contributed by atoms with van der Waals surface area (Å²) >= 11 is 0. The van der Waals surface area contributed by atoms with Crippen LogP contribution in [0.5, 0.6) is 0 Å². The number of unbranched alkanes of at least 4 members (excludes halogenated alkanes) is 8. The maximum Gasteiger partial charge on any atom is 0.133 e. The van der Waals surface area contributed by atoms with Crippen LogP contribution in [0.15, 0.2) is 0 Å². The minimum absolute atomic E-state index is 0.636. The average Bonchev–Trinajstić information content (AvgIpc) is 2.46. The highest BCUT2D eigenvalue weighted by Crippen LogP contribution is 2.09. The predicted molar refractivity (Wildman–Crippen MR) is 89.2 cm³/mol. The molecule has 0 saturated carbocycles. The van der Waals surface area contributed by atoms with Crippen molar-refractivity contribution in [1.82, 2.24) is 15.0 Å². The second kappa shape index (κ2) is 11.6. The van der Waals surface area contributed by atoms with Gasteiger partial charge in [-0.15, -0.1) is 0 Å². The summed E-state index contributed by atoms with van der Waals surface area (Å²) in [5, 5.41) is 0. The number of rotatable bonds is 12. The second-order valence-corrected chi connectivity index (χ2v) is 5.91. The molecule has 0 atom stereocenters. The van der Waals surface area contributed by atoms with Crippen molar-refractivity contribution in [2.45, 2.75) is 90.9 Å². The molecule has 0 spiro atoms. The Balaban J connectivity index is 2.32. The maximum absolute atomic E-state index is 4.61. The summed E-state index contributed by atoms with van der Waals surface area (Å²) in [6.45, 7) is 8.38. The first-order valence-electron chi connectivity index (χ1n) is 8.82. The number of aromatic nitrogens is 3. The summed E-state index contributed by atoms with van der Waals surface area (Å²) in [6.07, 6.45) is 14.7. The van der Waals surface area contributed by atoms with E-state index < -0.39 is 0 Å². The summed E-state index contributed by atoms with van der Waals surface area (Å²) in [4.78, 5) is 13.4. The summed E-state index contributed by atoms with van der Waals surface area (Å²) in [6, 6.07) is 0. The lowest BCUT2D eigenvalue weighted by Crippen LogP contribution is -2.06. The quantitative estimate of drug-likeness (QED) is 0.504. The first-order chi connectivity index (χ1) is 10.3. The molecule has 0 aliphatic heterocycles. The van der Waals surface area contributed by atoms with Crippen LogP contribution in [0.3, 0.4) is 0 Å². The molecule has 0 fully saturated rings. The van der Waals surface area contributed by atoms with Crippen molar-refractivity contribution in [3.05, 3.63) is 24.4 Å². The van der Waals surface area contributed by atoms with Gasteiger partial charge in [-0.05, 0) is 12.8 Å². The van der Waals surface area contributed by atoms with Crippen molar-refractivity contribution in [3.63, 3.8) is 0 Å². The molecule has 0 aliphatic rings. The van der Waals surface area contributed by atoms with Gasteiger partial charge in [-0.1, -0.05) is 65.2 Å². The molecule has 0 bridgehead atoms. The number of hydrogen-bond donors (Lipinski definition) is 0. The minimum Gasteiger partial charge on any atom is -0.218 e. The monoisotopic (exact) mass is 290 g/mol. The van der Waals surface area contributed by atoms with Crippen LogP contribution in [-0.4, -0.2) is 15.0 Å². The molecule has 1 aromatic rings. The van der Waals surface area contributed by atoms with Crippen molar-refractivity contribution in [1.29, 1.82) is 0 Å². The molecule has 0 unspecified atom stereocenters. The van der Waals surface area contributed by atoms with Gasteiger partial charge in [-0.2, -0.15) is 0 Å². The summed E-state index contributed by atoms with van der Waals surface area (Å²) < 4.78 is 0. The average molecular weight is 290 g/mol. The Bertz CT molecular complexity index is 344. The standard InChI is InChI=1S/C18H32N3/c1-4-6-8-10-12-14-17-19-16(3)20-18(21-17)15-13-11-9-7-5-2/h3-15H2,1-2H3. The van der Waals surface area contributed by atoms with E-state index in [2.05, 4.69) is 35.7 Å². The molecule has 1 heterocycles. The van der Waals surface area contributed by atoms with Gasteiger partial charge in [0.2, 0.25) is 0 Å². The number of aryl methyl sites for hydroxylation is 2. The van der Waals surface area contributed by atoms with E-state index in [4.69, 9.17) is 0 Å². The van der Waals surface area contributed by atoms with Crippen molar-refractivity contribution < 1.29 is 0 Å². The first-order valence-corrected chi connectivity index (χ1v) is 8.82. The zero-order valence-corrected chi connectivity index (χ0v) is 14.0. The van der Waals surface area contributed by atoms with Crippen LogP contribution in [0.4, 0.5) is 0 Å². The molecule has 0 aromatic carbocycles. The molecule has 3 heteroatoms. The summed E-state index contributed by atoms with van der Waals surface area (Å²) in [5.41, 5.74) is 0. The molecular formula is C18H32N3. The third kappa shape index (κ3) is 8.79. The van der Waals surface area contributed by atoms with E-state index in [1.54, 1.807) is 0 Å². The Kier molecular flexibility index (Phi) is 10.0. The predicted octanol–water partition coefficient (Wildman–Crippen LogP) is 5.08. The van der Waals surface area contributed by atoms with Crippen LogP contribution in [0.25, 0.3) is 0 Å².